The molecule has 1 aliphatic rings. The second-order valence-corrected chi connectivity index (χ2v) is 6.27. The summed E-state index contributed by atoms with van der Waals surface area (Å²) in [5.74, 6) is 0.0498. The van der Waals surface area contributed by atoms with Crippen LogP contribution in [0, 0.1) is 6.92 Å². The topological polar surface area (TPSA) is 56.3 Å². The number of nitrogens with zero attached hydrogens (tertiary/aromatic N) is 1. The van der Waals surface area contributed by atoms with Gasteiger partial charge in [-0.15, -0.1) is 0 Å². The number of aromatic amines is 1. The Kier molecular flexibility index (Phi) is 3.62. The first kappa shape index (κ1) is 15.0. The Morgan fingerprint density at radius 1 is 1.12 bits per heavy atom. The van der Waals surface area contributed by atoms with Crippen LogP contribution in [0.3, 0.4) is 0 Å². The third kappa shape index (κ3) is 2.14. The van der Waals surface area contributed by atoms with Crippen molar-refractivity contribution in [3.63, 3.8) is 0 Å². The fraction of sp³-hybridized carbons (Fsp3) is 0.250. The molecule has 0 aliphatic carbocycles. The van der Waals surface area contributed by atoms with E-state index in [-0.39, 0.29) is 18.6 Å². The number of aromatic nitrogens is 1. The number of nitrogens with one attached hydrogen (secondary N) is 1. The van der Waals surface area contributed by atoms with Crippen LogP contribution in [0.2, 0.25) is 0 Å². The predicted octanol–water partition coefficient (Wildman–Crippen LogP) is 3.40. The summed E-state index contributed by atoms with van der Waals surface area (Å²) in [5.41, 5.74) is 5.14. The molecule has 2 N–H and O–H groups in total. The average Bonchev–Trinajstić information content (AvgIpc) is 3.07. The lowest BCUT2D eigenvalue weighted by molar-refractivity contribution is 0.0738. The van der Waals surface area contributed by atoms with Gasteiger partial charge >= 0.3 is 0 Å². The molecule has 1 amide bonds. The Bertz CT molecular complexity index is 913. The molecule has 0 spiro atoms. The number of rotatable bonds is 4. The van der Waals surface area contributed by atoms with Gasteiger partial charge in [0, 0.05) is 40.9 Å². The summed E-state index contributed by atoms with van der Waals surface area (Å²) in [6.07, 6.45) is 0.581. The molecule has 2 aromatic carbocycles. The molecule has 0 saturated carbocycles. The van der Waals surface area contributed by atoms with Crippen molar-refractivity contribution in [2.75, 3.05) is 13.2 Å². The SMILES string of the molecule is Cc1[nH]c2ccccc2c1C1c2ccccc2C(=O)N1CCCO. The molecule has 1 aliphatic heterocycles. The van der Waals surface area contributed by atoms with Crippen LogP contribution in [0.1, 0.15) is 39.6 Å². The Balaban J connectivity index is 1.92. The van der Waals surface area contributed by atoms with E-state index >= 15 is 0 Å². The monoisotopic (exact) mass is 320 g/mol. The number of benzene rings is 2. The van der Waals surface area contributed by atoms with E-state index in [0.717, 1.165) is 33.3 Å². The van der Waals surface area contributed by atoms with E-state index in [1.54, 1.807) is 0 Å². The second kappa shape index (κ2) is 5.80. The molecule has 0 saturated heterocycles. The van der Waals surface area contributed by atoms with Crippen LogP contribution < -0.4 is 0 Å². The van der Waals surface area contributed by atoms with Gasteiger partial charge in [0.2, 0.25) is 0 Å². The molecule has 122 valence electrons. The highest BCUT2D eigenvalue weighted by Gasteiger charge is 2.38. The van der Waals surface area contributed by atoms with Crippen molar-refractivity contribution >= 4 is 16.8 Å². The summed E-state index contributed by atoms with van der Waals surface area (Å²) in [5, 5.41) is 10.4. The highest BCUT2D eigenvalue weighted by Crippen LogP contribution is 2.42. The maximum absolute atomic E-state index is 12.9. The molecule has 24 heavy (non-hydrogen) atoms. The van der Waals surface area contributed by atoms with Crippen molar-refractivity contribution in [2.24, 2.45) is 0 Å². The van der Waals surface area contributed by atoms with Crippen molar-refractivity contribution < 1.29 is 9.90 Å². The molecule has 3 aromatic rings. The molecule has 1 atom stereocenters. The summed E-state index contributed by atoms with van der Waals surface area (Å²) in [7, 11) is 0. The third-order valence-corrected chi connectivity index (χ3v) is 4.83. The molecule has 0 radical (unpaired) electrons. The van der Waals surface area contributed by atoms with Gasteiger partial charge in [-0.05, 0) is 31.0 Å². The van der Waals surface area contributed by atoms with Gasteiger partial charge < -0.3 is 15.0 Å². The minimum absolute atomic E-state index is 0.0498. The van der Waals surface area contributed by atoms with Crippen LogP contribution in [0.4, 0.5) is 0 Å². The van der Waals surface area contributed by atoms with Gasteiger partial charge in [0.25, 0.3) is 5.91 Å². The fourth-order valence-corrected chi connectivity index (χ4v) is 3.80. The van der Waals surface area contributed by atoms with Crippen molar-refractivity contribution in [3.8, 4) is 0 Å². The number of aliphatic hydroxyl groups excluding tert-OH is 1. The van der Waals surface area contributed by atoms with Gasteiger partial charge in [-0.2, -0.15) is 0 Å². The maximum Gasteiger partial charge on any atom is 0.255 e. The normalized spacial score (nSPS) is 16.8. The Labute approximate surface area is 140 Å². The largest absolute Gasteiger partial charge is 0.396 e. The smallest absolute Gasteiger partial charge is 0.255 e. The molecule has 1 aromatic heterocycles. The maximum atomic E-state index is 12.9. The molecule has 2 heterocycles. The number of amides is 1. The highest BCUT2D eigenvalue weighted by atomic mass is 16.3. The number of fused-ring (bicyclic) bond motifs is 2. The number of para-hydroxylation sites is 1. The van der Waals surface area contributed by atoms with Gasteiger partial charge in [-0.1, -0.05) is 36.4 Å². The standard InChI is InChI=1S/C20H20N2O2/c1-13-18(16-9-4-5-10-17(16)21-13)19-14-7-2-3-8-15(14)20(24)22(19)11-6-12-23/h2-5,7-10,19,21,23H,6,11-12H2,1H3. The summed E-state index contributed by atoms with van der Waals surface area (Å²) in [6.45, 7) is 2.69. The molecular formula is C20H20N2O2. The zero-order chi connectivity index (χ0) is 16.7. The molecule has 0 fully saturated rings. The number of H-pyrrole nitrogens is 1. The molecular weight excluding hydrogens is 300 g/mol. The fourth-order valence-electron chi connectivity index (χ4n) is 3.80. The Hall–Kier alpha value is -2.59. The molecule has 4 rings (SSSR count). The van der Waals surface area contributed by atoms with Crippen molar-refractivity contribution in [1.29, 1.82) is 0 Å². The Morgan fingerprint density at radius 2 is 1.88 bits per heavy atom. The Morgan fingerprint density at radius 3 is 2.71 bits per heavy atom. The minimum atomic E-state index is -0.101. The van der Waals surface area contributed by atoms with Crippen LogP contribution in [0.5, 0.6) is 0 Å². The molecule has 0 bridgehead atoms. The predicted molar refractivity (Wildman–Crippen MR) is 94.1 cm³/mol. The first-order valence-electron chi connectivity index (χ1n) is 8.30. The minimum Gasteiger partial charge on any atom is -0.396 e. The first-order valence-corrected chi connectivity index (χ1v) is 8.30. The lowest BCUT2D eigenvalue weighted by Gasteiger charge is -2.26. The summed E-state index contributed by atoms with van der Waals surface area (Å²) < 4.78 is 0. The lowest BCUT2D eigenvalue weighted by Crippen LogP contribution is -2.30. The van der Waals surface area contributed by atoms with E-state index in [1.807, 2.05) is 41.3 Å². The lowest BCUT2D eigenvalue weighted by atomic mass is 9.95. The van der Waals surface area contributed by atoms with Gasteiger partial charge in [0.1, 0.15) is 0 Å². The summed E-state index contributed by atoms with van der Waals surface area (Å²) in [4.78, 5) is 18.2. The number of carbonyl (C=O) groups excluding carboxylic acids is 1. The molecule has 4 heteroatoms. The van der Waals surface area contributed by atoms with Crippen molar-refractivity contribution in [3.05, 3.63) is 70.9 Å². The number of carbonyl (C=O) groups is 1. The van der Waals surface area contributed by atoms with E-state index in [2.05, 4.69) is 24.0 Å². The number of aryl methyl sites for hydroxylation is 1. The van der Waals surface area contributed by atoms with Gasteiger partial charge in [-0.25, -0.2) is 0 Å². The third-order valence-electron chi connectivity index (χ3n) is 4.83. The van der Waals surface area contributed by atoms with Crippen LogP contribution in [-0.4, -0.2) is 34.0 Å². The van der Waals surface area contributed by atoms with E-state index in [9.17, 15) is 9.90 Å². The van der Waals surface area contributed by atoms with Gasteiger partial charge in [0.05, 0.1) is 6.04 Å². The van der Waals surface area contributed by atoms with E-state index in [0.29, 0.717) is 13.0 Å². The quantitative estimate of drug-likeness (QED) is 0.774. The van der Waals surface area contributed by atoms with Crippen molar-refractivity contribution in [1.82, 2.24) is 9.88 Å². The zero-order valence-corrected chi connectivity index (χ0v) is 13.6. The number of aliphatic hydroxyl groups is 1. The average molecular weight is 320 g/mol. The van der Waals surface area contributed by atoms with Crippen LogP contribution in [0.25, 0.3) is 10.9 Å². The van der Waals surface area contributed by atoms with Crippen LogP contribution >= 0.6 is 0 Å². The van der Waals surface area contributed by atoms with Crippen LogP contribution in [-0.2, 0) is 0 Å². The summed E-state index contributed by atoms with van der Waals surface area (Å²) >= 11 is 0. The van der Waals surface area contributed by atoms with Gasteiger partial charge in [0.15, 0.2) is 0 Å². The second-order valence-electron chi connectivity index (χ2n) is 6.27. The summed E-state index contributed by atoms with van der Waals surface area (Å²) in [6, 6.07) is 15.9. The highest BCUT2D eigenvalue weighted by molar-refractivity contribution is 6.01. The first-order chi connectivity index (χ1) is 11.7. The van der Waals surface area contributed by atoms with E-state index in [4.69, 9.17) is 0 Å². The van der Waals surface area contributed by atoms with Gasteiger partial charge in [-0.3, -0.25) is 4.79 Å². The zero-order valence-electron chi connectivity index (χ0n) is 13.6. The van der Waals surface area contributed by atoms with E-state index in [1.165, 1.54) is 0 Å². The number of hydrogen-bond acceptors (Lipinski definition) is 2. The number of hydrogen-bond donors (Lipinski definition) is 2. The van der Waals surface area contributed by atoms with Crippen LogP contribution in [0.15, 0.2) is 48.5 Å². The molecule has 4 nitrogen and oxygen atoms in total. The van der Waals surface area contributed by atoms with Crippen molar-refractivity contribution in [2.45, 2.75) is 19.4 Å². The molecule has 1 unspecified atom stereocenters. The van der Waals surface area contributed by atoms with E-state index < -0.39 is 0 Å².